The van der Waals surface area contributed by atoms with Gasteiger partial charge in [-0.15, -0.1) is 0 Å². The molecule has 0 atom stereocenters. The highest BCUT2D eigenvalue weighted by atomic mass is 35.5. The third kappa shape index (κ3) is 4.27. The van der Waals surface area contributed by atoms with Crippen LogP contribution in [0.4, 0.5) is 11.4 Å². The summed E-state index contributed by atoms with van der Waals surface area (Å²) >= 11 is 18.1. The van der Waals surface area contributed by atoms with Crippen molar-refractivity contribution in [2.24, 2.45) is 0 Å². The zero-order valence-electron chi connectivity index (χ0n) is 11.2. The van der Waals surface area contributed by atoms with Crippen LogP contribution in [0, 0.1) is 6.92 Å². The molecule has 0 radical (unpaired) electrons. The van der Waals surface area contributed by atoms with E-state index >= 15 is 0 Å². The van der Waals surface area contributed by atoms with Crippen LogP contribution in [0.25, 0.3) is 0 Å². The Balaban J connectivity index is 1.99. The Morgan fingerprint density at radius 3 is 2.33 bits per heavy atom. The topological polar surface area (TPSA) is 41.1 Å². The van der Waals surface area contributed by atoms with E-state index in [0.29, 0.717) is 26.4 Å². The minimum absolute atomic E-state index is 0.0599. The third-order valence-electron chi connectivity index (χ3n) is 2.79. The number of hydrogen-bond donors (Lipinski definition) is 2. The third-order valence-corrected chi connectivity index (χ3v) is 3.73. The van der Waals surface area contributed by atoms with Gasteiger partial charge in [0, 0.05) is 0 Å². The summed E-state index contributed by atoms with van der Waals surface area (Å²) in [5.41, 5.74) is 2.16. The van der Waals surface area contributed by atoms with Gasteiger partial charge in [0.1, 0.15) is 0 Å². The number of hydrogen-bond acceptors (Lipinski definition) is 2. The smallest absolute Gasteiger partial charge is 0.243 e. The molecular formula is C15H13Cl3N2O. The molecule has 2 aromatic rings. The summed E-state index contributed by atoms with van der Waals surface area (Å²) in [6, 6.07) is 10.6. The van der Waals surface area contributed by atoms with Crippen molar-refractivity contribution in [3.63, 3.8) is 0 Å². The van der Waals surface area contributed by atoms with Crippen molar-refractivity contribution in [2.45, 2.75) is 6.92 Å². The zero-order chi connectivity index (χ0) is 15.4. The van der Waals surface area contributed by atoms with Gasteiger partial charge in [0.05, 0.1) is 33.0 Å². The first-order valence-electron chi connectivity index (χ1n) is 6.21. The predicted octanol–water partition coefficient (Wildman–Crippen LogP) is 5.01. The molecule has 3 nitrogen and oxygen atoms in total. The van der Waals surface area contributed by atoms with E-state index in [4.69, 9.17) is 34.8 Å². The maximum absolute atomic E-state index is 11.9. The highest BCUT2D eigenvalue weighted by Crippen LogP contribution is 2.29. The molecule has 0 saturated heterocycles. The van der Waals surface area contributed by atoms with E-state index in [2.05, 4.69) is 10.6 Å². The Morgan fingerprint density at radius 2 is 1.71 bits per heavy atom. The maximum Gasteiger partial charge on any atom is 0.243 e. The first kappa shape index (κ1) is 16.0. The van der Waals surface area contributed by atoms with E-state index in [-0.39, 0.29) is 12.5 Å². The molecule has 0 aliphatic rings. The summed E-state index contributed by atoms with van der Waals surface area (Å²) in [7, 11) is 0. The summed E-state index contributed by atoms with van der Waals surface area (Å²) in [5, 5.41) is 6.99. The Bertz CT molecular complexity index is 654. The molecule has 2 N–H and O–H groups in total. The highest BCUT2D eigenvalue weighted by Gasteiger charge is 2.10. The largest absolute Gasteiger partial charge is 0.375 e. The van der Waals surface area contributed by atoms with Crippen molar-refractivity contribution in [3.05, 3.63) is 57.0 Å². The fourth-order valence-corrected chi connectivity index (χ4v) is 2.53. The van der Waals surface area contributed by atoms with Crippen LogP contribution in [0.3, 0.4) is 0 Å². The van der Waals surface area contributed by atoms with E-state index in [1.54, 1.807) is 18.2 Å². The lowest BCUT2D eigenvalue weighted by Crippen LogP contribution is -2.22. The Hall–Kier alpha value is -1.42. The van der Waals surface area contributed by atoms with Crippen LogP contribution in [-0.2, 0) is 4.79 Å². The predicted molar refractivity (Wildman–Crippen MR) is 89.8 cm³/mol. The van der Waals surface area contributed by atoms with Gasteiger partial charge in [-0.3, -0.25) is 4.79 Å². The molecule has 0 unspecified atom stereocenters. The molecule has 0 fully saturated rings. The molecule has 0 heterocycles. The highest BCUT2D eigenvalue weighted by molar-refractivity contribution is 6.39. The molecule has 0 bridgehead atoms. The van der Waals surface area contributed by atoms with Crippen LogP contribution in [0.5, 0.6) is 0 Å². The van der Waals surface area contributed by atoms with Gasteiger partial charge in [0.25, 0.3) is 0 Å². The number of para-hydroxylation sites is 1. The van der Waals surface area contributed by atoms with Crippen molar-refractivity contribution in [3.8, 4) is 0 Å². The van der Waals surface area contributed by atoms with E-state index in [1.165, 1.54) is 0 Å². The molecular weight excluding hydrogens is 331 g/mol. The summed E-state index contributed by atoms with van der Waals surface area (Å²) < 4.78 is 0. The number of carbonyl (C=O) groups excluding carboxylic acids is 1. The zero-order valence-corrected chi connectivity index (χ0v) is 13.5. The Labute approximate surface area is 138 Å². The normalized spacial score (nSPS) is 10.3. The van der Waals surface area contributed by atoms with Gasteiger partial charge >= 0.3 is 0 Å². The van der Waals surface area contributed by atoms with Crippen LogP contribution >= 0.6 is 34.8 Å². The van der Waals surface area contributed by atoms with Gasteiger partial charge in [0.15, 0.2) is 0 Å². The van der Waals surface area contributed by atoms with Crippen molar-refractivity contribution < 1.29 is 4.79 Å². The van der Waals surface area contributed by atoms with Crippen molar-refractivity contribution >= 4 is 52.1 Å². The average Bonchev–Trinajstić information content (AvgIpc) is 2.42. The van der Waals surface area contributed by atoms with Gasteiger partial charge < -0.3 is 10.6 Å². The molecule has 110 valence electrons. The van der Waals surface area contributed by atoms with Gasteiger partial charge in [-0.05, 0) is 36.8 Å². The lowest BCUT2D eigenvalue weighted by molar-refractivity contribution is -0.114. The van der Waals surface area contributed by atoms with Crippen LogP contribution in [0.15, 0.2) is 36.4 Å². The van der Waals surface area contributed by atoms with Crippen molar-refractivity contribution in [1.29, 1.82) is 0 Å². The maximum atomic E-state index is 11.9. The molecule has 1 amide bonds. The summed E-state index contributed by atoms with van der Waals surface area (Å²) in [4.78, 5) is 11.9. The number of anilines is 2. The molecule has 0 aliphatic carbocycles. The van der Waals surface area contributed by atoms with Crippen LogP contribution in [0.1, 0.15) is 5.56 Å². The van der Waals surface area contributed by atoms with Gasteiger partial charge in [0.2, 0.25) is 5.91 Å². The minimum atomic E-state index is -0.262. The quantitative estimate of drug-likeness (QED) is 0.819. The van der Waals surface area contributed by atoms with E-state index in [9.17, 15) is 4.79 Å². The van der Waals surface area contributed by atoms with E-state index in [0.717, 1.165) is 5.56 Å². The van der Waals surface area contributed by atoms with E-state index in [1.807, 2.05) is 25.1 Å². The van der Waals surface area contributed by atoms with Crippen LogP contribution < -0.4 is 10.6 Å². The summed E-state index contributed by atoms with van der Waals surface area (Å²) in [6.45, 7) is 2.01. The summed E-state index contributed by atoms with van der Waals surface area (Å²) in [6.07, 6.45) is 0. The lowest BCUT2D eigenvalue weighted by Gasteiger charge is -2.11. The number of carbonyl (C=O) groups is 1. The molecule has 0 saturated carbocycles. The molecule has 2 aromatic carbocycles. The monoisotopic (exact) mass is 342 g/mol. The lowest BCUT2D eigenvalue weighted by atomic mass is 10.2. The molecule has 6 heteroatoms. The number of nitrogens with one attached hydrogen (secondary N) is 2. The fraction of sp³-hybridized carbons (Fsp3) is 0.133. The Kier molecular flexibility index (Phi) is 5.34. The summed E-state index contributed by atoms with van der Waals surface area (Å²) in [5.74, 6) is -0.262. The SMILES string of the molecule is Cc1ccc(NCC(=O)Nc2c(Cl)cccc2Cl)c(Cl)c1. The molecule has 21 heavy (non-hydrogen) atoms. The first-order chi connectivity index (χ1) is 9.97. The fourth-order valence-electron chi connectivity index (χ4n) is 1.74. The van der Waals surface area contributed by atoms with E-state index < -0.39 is 0 Å². The van der Waals surface area contributed by atoms with Gasteiger partial charge in [-0.2, -0.15) is 0 Å². The van der Waals surface area contributed by atoms with Crippen molar-refractivity contribution in [1.82, 2.24) is 0 Å². The molecule has 0 spiro atoms. The number of halogens is 3. The molecule has 2 rings (SSSR count). The number of aryl methyl sites for hydroxylation is 1. The second-order valence-electron chi connectivity index (χ2n) is 4.48. The van der Waals surface area contributed by atoms with Gasteiger partial charge in [-0.1, -0.05) is 46.9 Å². The second-order valence-corrected chi connectivity index (χ2v) is 5.70. The Morgan fingerprint density at radius 1 is 1.05 bits per heavy atom. The van der Waals surface area contributed by atoms with Crippen molar-refractivity contribution in [2.75, 3.05) is 17.2 Å². The van der Waals surface area contributed by atoms with Crippen LogP contribution in [-0.4, -0.2) is 12.5 Å². The average molecular weight is 344 g/mol. The number of benzene rings is 2. The molecule has 0 aromatic heterocycles. The number of amides is 1. The minimum Gasteiger partial charge on any atom is -0.375 e. The standard InChI is InChI=1S/C15H13Cl3N2O/c1-9-5-6-13(12(18)7-9)19-8-14(21)20-15-10(16)3-2-4-11(15)17/h2-7,19H,8H2,1H3,(H,20,21). The van der Waals surface area contributed by atoms with Crippen LogP contribution in [0.2, 0.25) is 15.1 Å². The first-order valence-corrected chi connectivity index (χ1v) is 7.34. The second kappa shape index (κ2) is 7.03. The molecule has 0 aliphatic heterocycles. The van der Waals surface area contributed by atoms with Gasteiger partial charge in [-0.25, -0.2) is 0 Å². The number of rotatable bonds is 4.